The van der Waals surface area contributed by atoms with Gasteiger partial charge in [0.2, 0.25) is 0 Å². The lowest BCUT2D eigenvalue weighted by Gasteiger charge is -2.23. The van der Waals surface area contributed by atoms with Crippen molar-refractivity contribution in [1.29, 1.82) is 0 Å². The van der Waals surface area contributed by atoms with Crippen LogP contribution in [0.15, 0.2) is 53.3 Å². The third-order valence-electron chi connectivity index (χ3n) is 5.29. The number of benzene rings is 2. The smallest absolute Gasteiger partial charge is 0.407 e. The number of carbonyl (C=O) groups excluding carboxylic acids is 2. The Morgan fingerprint density at radius 2 is 1.69 bits per heavy atom. The van der Waals surface area contributed by atoms with E-state index in [1.165, 1.54) is 0 Å². The number of carboxylic acid groups (broad SMARTS) is 1. The minimum atomic E-state index is -1.37. The molecule has 0 aliphatic carbocycles. The number of alkyl carbamates (subject to hydrolysis) is 1. The first-order valence-electron chi connectivity index (χ1n) is 11.6. The summed E-state index contributed by atoms with van der Waals surface area (Å²) in [7, 11) is 0. The molecule has 0 bridgehead atoms. The van der Waals surface area contributed by atoms with E-state index in [9.17, 15) is 19.5 Å². The number of amides is 2. The summed E-state index contributed by atoms with van der Waals surface area (Å²) in [5, 5.41) is 17.2. The molecule has 8 heteroatoms. The zero-order chi connectivity index (χ0) is 25.8. The quantitative estimate of drug-likeness (QED) is 0.537. The van der Waals surface area contributed by atoms with E-state index in [1.54, 1.807) is 37.5 Å². The maximum absolute atomic E-state index is 13.6. The first-order valence-corrected chi connectivity index (χ1v) is 11.6. The second-order valence-electron chi connectivity index (χ2n) is 9.87. The van der Waals surface area contributed by atoms with Crippen molar-refractivity contribution >= 4 is 23.0 Å². The lowest BCUT2D eigenvalue weighted by molar-refractivity contribution is -0.251. The largest absolute Gasteiger partial charge is 0.530 e. The highest BCUT2D eigenvalue weighted by Gasteiger charge is 2.21. The summed E-state index contributed by atoms with van der Waals surface area (Å²) < 4.78 is 7.12. The highest BCUT2D eigenvalue weighted by atomic mass is 16.6. The van der Waals surface area contributed by atoms with Gasteiger partial charge in [0.15, 0.2) is 0 Å². The number of ether oxygens (including phenoxy) is 1. The van der Waals surface area contributed by atoms with Crippen LogP contribution < -0.4 is 21.3 Å². The molecule has 1 aromatic heterocycles. The van der Waals surface area contributed by atoms with E-state index in [-0.39, 0.29) is 24.6 Å². The molecule has 2 aromatic carbocycles. The number of hydrogen-bond donors (Lipinski definition) is 2. The van der Waals surface area contributed by atoms with Crippen molar-refractivity contribution in [1.82, 2.24) is 15.2 Å². The first-order chi connectivity index (χ1) is 16.5. The minimum absolute atomic E-state index is 0.0487. The summed E-state index contributed by atoms with van der Waals surface area (Å²) >= 11 is 0. The van der Waals surface area contributed by atoms with Gasteiger partial charge in [-0.05, 0) is 55.3 Å². The van der Waals surface area contributed by atoms with Gasteiger partial charge in [0.25, 0.3) is 5.56 Å². The van der Waals surface area contributed by atoms with Gasteiger partial charge >= 0.3 is 6.09 Å². The molecule has 0 unspecified atom stereocenters. The average molecular weight is 479 g/mol. The van der Waals surface area contributed by atoms with E-state index in [0.717, 1.165) is 11.1 Å². The van der Waals surface area contributed by atoms with Crippen LogP contribution in [0, 0.1) is 5.92 Å². The van der Waals surface area contributed by atoms with E-state index in [4.69, 9.17) is 4.74 Å². The summed E-state index contributed by atoms with van der Waals surface area (Å²) in [6.45, 7) is 10.0. The molecular weight excluding hydrogens is 446 g/mol. The maximum atomic E-state index is 13.6. The molecule has 0 aliphatic heterocycles. The third kappa shape index (κ3) is 6.62. The summed E-state index contributed by atoms with van der Waals surface area (Å²) in [4.78, 5) is 37.0. The molecule has 0 spiro atoms. The fourth-order valence-electron chi connectivity index (χ4n) is 3.97. The summed E-state index contributed by atoms with van der Waals surface area (Å²) in [5.41, 5.74) is 2.18. The first kappa shape index (κ1) is 25.8. The van der Waals surface area contributed by atoms with Gasteiger partial charge in [-0.15, -0.1) is 0 Å². The van der Waals surface area contributed by atoms with Crippen LogP contribution in [0.25, 0.3) is 21.9 Å². The SMILES string of the molecule is CC(C)Cn1c(CNC(=O)OC(C)(C)C)c(-c2ccccc2)c2cc(CNC(=O)[O-])ccc2c1=O. The van der Waals surface area contributed by atoms with Crippen molar-refractivity contribution in [3.63, 3.8) is 0 Å². The Balaban J connectivity index is 2.25. The number of aromatic nitrogens is 1. The van der Waals surface area contributed by atoms with Crippen molar-refractivity contribution < 1.29 is 19.4 Å². The van der Waals surface area contributed by atoms with Crippen LogP contribution in [0.3, 0.4) is 0 Å². The number of carbonyl (C=O) groups is 2. The molecule has 3 rings (SSSR count). The average Bonchev–Trinajstić information content (AvgIpc) is 2.77. The van der Waals surface area contributed by atoms with Crippen LogP contribution in [0.2, 0.25) is 0 Å². The molecule has 2 N–H and O–H groups in total. The fraction of sp³-hybridized carbons (Fsp3) is 0.370. The van der Waals surface area contributed by atoms with Gasteiger partial charge in [-0.25, -0.2) is 4.79 Å². The van der Waals surface area contributed by atoms with Gasteiger partial charge in [0.1, 0.15) is 11.7 Å². The molecular formula is C27H32N3O5-. The Morgan fingerprint density at radius 1 is 1.00 bits per heavy atom. The fourth-order valence-corrected chi connectivity index (χ4v) is 3.97. The van der Waals surface area contributed by atoms with Crippen LogP contribution in [-0.2, 0) is 24.4 Å². The second-order valence-corrected chi connectivity index (χ2v) is 9.87. The molecule has 0 saturated heterocycles. The van der Waals surface area contributed by atoms with E-state index in [2.05, 4.69) is 10.6 Å². The monoisotopic (exact) mass is 478 g/mol. The molecule has 0 radical (unpaired) electrons. The van der Waals surface area contributed by atoms with Crippen LogP contribution in [0.5, 0.6) is 0 Å². The molecule has 8 nitrogen and oxygen atoms in total. The number of pyridine rings is 1. The predicted molar refractivity (Wildman–Crippen MR) is 134 cm³/mol. The molecule has 0 aliphatic rings. The summed E-state index contributed by atoms with van der Waals surface area (Å²) in [6, 6.07) is 14.9. The van der Waals surface area contributed by atoms with Crippen molar-refractivity contribution in [2.45, 2.75) is 59.9 Å². The van der Waals surface area contributed by atoms with E-state index >= 15 is 0 Å². The predicted octanol–water partition coefficient (Wildman–Crippen LogP) is 3.78. The maximum Gasteiger partial charge on any atom is 0.407 e. The third-order valence-corrected chi connectivity index (χ3v) is 5.29. The lowest BCUT2D eigenvalue weighted by atomic mass is 9.95. The normalized spacial score (nSPS) is 11.5. The van der Waals surface area contributed by atoms with E-state index < -0.39 is 17.8 Å². The standard InChI is InChI=1S/C27H33N3O5/c1-17(2)16-30-22(15-29-26(34)35-27(3,4)5)23(19-9-7-6-8-10-19)21-13-18(14-28-25(32)33)11-12-20(21)24(30)31/h6-13,17,28H,14-16H2,1-5H3,(H,29,34)(H,32,33)/p-1. The topological polar surface area (TPSA) is 112 Å². The van der Waals surface area contributed by atoms with Gasteiger partial charge in [0.05, 0.1) is 6.54 Å². The van der Waals surface area contributed by atoms with Crippen LogP contribution >= 0.6 is 0 Å². The van der Waals surface area contributed by atoms with Gasteiger partial charge in [-0.1, -0.05) is 50.2 Å². The minimum Gasteiger partial charge on any atom is -0.530 e. The van der Waals surface area contributed by atoms with Gasteiger partial charge in [-0.2, -0.15) is 0 Å². The number of nitrogens with one attached hydrogen (secondary N) is 2. The Kier molecular flexibility index (Phi) is 7.84. The molecule has 0 saturated carbocycles. The highest BCUT2D eigenvalue weighted by Crippen LogP contribution is 2.32. The molecule has 2 amide bonds. The number of hydrogen-bond acceptors (Lipinski definition) is 5. The van der Waals surface area contributed by atoms with Gasteiger partial charge in [0, 0.05) is 29.7 Å². The van der Waals surface area contributed by atoms with E-state index in [0.29, 0.717) is 28.6 Å². The molecule has 3 aromatic rings. The molecule has 35 heavy (non-hydrogen) atoms. The number of fused-ring (bicyclic) bond motifs is 1. The van der Waals surface area contributed by atoms with Crippen LogP contribution in [0.4, 0.5) is 9.59 Å². The Hall–Kier alpha value is -3.81. The van der Waals surface area contributed by atoms with Crippen LogP contribution in [0.1, 0.15) is 45.9 Å². The molecule has 1 heterocycles. The summed E-state index contributed by atoms with van der Waals surface area (Å²) in [6.07, 6.45) is -1.95. The Morgan fingerprint density at radius 3 is 2.29 bits per heavy atom. The van der Waals surface area contributed by atoms with Crippen molar-refractivity contribution in [3.8, 4) is 11.1 Å². The van der Waals surface area contributed by atoms with Gasteiger partial charge < -0.3 is 29.8 Å². The molecule has 0 atom stereocenters. The zero-order valence-corrected chi connectivity index (χ0v) is 20.8. The zero-order valence-electron chi connectivity index (χ0n) is 20.8. The van der Waals surface area contributed by atoms with Crippen LogP contribution in [-0.4, -0.2) is 22.4 Å². The number of rotatable bonds is 7. The highest BCUT2D eigenvalue weighted by molar-refractivity contribution is 5.98. The summed E-state index contributed by atoms with van der Waals surface area (Å²) in [5.74, 6) is 0.181. The van der Waals surface area contributed by atoms with Crippen molar-refractivity contribution in [3.05, 3.63) is 70.1 Å². The molecule has 186 valence electrons. The number of nitrogens with zero attached hydrogens (tertiary/aromatic N) is 1. The molecule has 0 fully saturated rings. The Labute approximate surface area is 204 Å². The van der Waals surface area contributed by atoms with Crippen molar-refractivity contribution in [2.75, 3.05) is 0 Å². The van der Waals surface area contributed by atoms with Gasteiger partial charge in [-0.3, -0.25) is 4.79 Å². The lowest BCUT2D eigenvalue weighted by Crippen LogP contribution is -2.36. The Bertz CT molecular complexity index is 1270. The second kappa shape index (κ2) is 10.6. The van der Waals surface area contributed by atoms with Crippen molar-refractivity contribution in [2.24, 2.45) is 5.92 Å². The van der Waals surface area contributed by atoms with E-state index in [1.807, 2.05) is 50.2 Å².